The summed E-state index contributed by atoms with van der Waals surface area (Å²) in [5, 5.41) is 0. The highest BCUT2D eigenvalue weighted by Crippen LogP contribution is 2.29. The van der Waals surface area contributed by atoms with Crippen LogP contribution in [0, 0.1) is 5.92 Å². The molecule has 0 N–H and O–H groups in total. The summed E-state index contributed by atoms with van der Waals surface area (Å²) in [6.45, 7) is 4.98. The molecule has 0 spiro atoms. The van der Waals surface area contributed by atoms with Gasteiger partial charge in [0.05, 0.1) is 6.54 Å². The van der Waals surface area contributed by atoms with E-state index in [1.165, 1.54) is 12.8 Å². The Hall–Kier alpha value is -1.15. The molecule has 0 amide bonds. The van der Waals surface area contributed by atoms with Gasteiger partial charge in [-0.25, -0.2) is 0 Å². The number of carbonyl (C=O) groups is 1. The number of hydrogen-bond donors (Lipinski definition) is 0. The molecule has 1 saturated carbocycles. The Morgan fingerprint density at radius 2 is 2.00 bits per heavy atom. The molecular formula is C16H23NO. The Labute approximate surface area is 110 Å². The van der Waals surface area contributed by atoms with Gasteiger partial charge >= 0.3 is 0 Å². The maximum atomic E-state index is 12.1. The smallest absolute Gasteiger partial charge is 0.151 e. The van der Waals surface area contributed by atoms with Crippen LogP contribution in [0.2, 0.25) is 0 Å². The van der Waals surface area contributed by atoms with Crippen LogP contribution < -0.4 is 0 Å². The summed E-state index contributed by atoms with van der Waals surface area (Å²) in [6.07, 6.45) is 4.41. The first-order valence-electron chi connectivity index (χ1n) is 7.06. The molecule has 2 nitrogen and oxygen atoms in total. The monoisotopic (exact) mass is 245 g/mol. The van der Waals surface area contributed by atoms with Crippen LogP contribution in [0.25, 0.3) is 0 Å². The molecule has 0 unspecified atom stereocenters. The van der Waals surface area contributed by atoms with Crippen LogP contribution in [0.5, 0.6) is 0 Å². The number of rotatable bonds is 8. The molecule has 0 heterocycles. The van der Waals surface area contributed by atoms with E-state index in [0.717, 1.165) is 31.0 Å². The first kappa shape index (κ1) is 13.3. The number of hydrogen-bond acceptors (Lipinski definition) is 2. The predicted octanol–water partition coefficient (Wildman–Crippen LogP) is 2.92. The number of benzene rings is 1. The van der Waals surface area contributed by atoms with E-state index in [2.05, 4.69) is 11.8 Å². The fourth-order valence-corrected chi connectivity index (χ4v) is 2.35. The summed E-state index contributed by atoms with van der Waals surface area (Å²) in [5.41, 5.74) is 1.13. The molecule has 0 aliphatic heterocycles. The third-order valence-electron chi connectivity index (χ3n) is 3.40. The van der Waals surface area contributed by atoms with Crippen LogP contribution in [0.15, 0.2) is 30.3 Å². The first-order valence-corrected chi connectivity index (χ1v) is 7.06. The summed E-state index contributed by atoms with van der Waals surface area (Å²) >= 11 is 0. The zero-order valence-corrected chi connectivity index (χ0v) is 11.3. The molecule has 0 atom stereocenters. The van der Waals surface area contributed by atoms with Crippen molar-refractivity contribution in [2.45, 2.75) is 32.6 Å². The minimum Gasteiger partial charge on any atom is -0.298 e. The molecule has 1 aliphatic rings. The molecule has 18 heavy (non-hydrogen) atoms. The van der Waals surface area contributed by atoms with E-state index in [-0.39, 0.29) is 0 Å². The number of Topliss-reactive ketones (excluding diaryl/α,β-unsaturated/α-hetero) is 1. The number of nitrogens with zero attached hydrogens (tertiary/aromatic N) is 1. The Morgan fingerprint density at radius 1 is 1.28 bits per heavy atom. The molecule has 1 aromatic rings. The molecule has 0 aromatic heterocycles. The highest BCUT2D eigenvalue weighted by Gasteiger charge is 2.24. The Kier molecular flexibility index (Phi) is 4.94. The van der Waals surface area contributed by atoms with E-state index in [0.29, 0.717) is 18.7 Å². The fourth-order valence-electron chi connectivity index (χ4n) is 2.35. The molecule has 1 aromatic carbocycles. The second kappa shape index (κ2) is 6.69. The highest BCUT2D eigenvalue weighted by atomic mass is 16.1. The van der Waals surface area contributed by atoms with Crippen LogP contribution in [-0.2, 0) is 11.2 Å². The lowest BCUT2D eigenvalue weighted by Gasteiger charge is -2.20. The van der Waals surface area contributed by atoms with Gasteiger partial charge in [-0.3, -0.25) is 9.69 Å². The van der Waals surface area contributed by atoms with Crippen LogP contribution >= 0.6 is 0 Å². The highest BCUT2D eigenvalue weighted by molar-refractivity contribution is 5.82. The average Bonchev–Trinajstić information content (AvgIpc) is 3.14. The van der Waals surface area contributed by atoms with Crippen molar-refractivity contribution in [1.82, 2.24) is 4.90 Å². The van der Waals surface area contributed by atoms with Crippen LogP contribution in [0.1, 0.15) is 31.7 Å². The molecule has 1 fully saturated rings. The molecule has 2 heteroatoms. The third-order valence-corrected chi connectivity index (χ3v) is 3.40. The standard InChI is InChI=1S/C16H23NO/c1-2-10-17(12-15-8-9-15)13-16(18)11-14-6-4-3-5-7-14/h3-7,15H,2,8-13H2,1H3. The SMILES string of the molecule is CCCN(CC(=O)Cc1ccccc1)CC1CC1. The normalized spacial score (nSPS) is 15.0. The quantitative estimate of drug-likeness (QED) is 0.702. The molecular weight excluding hydrogens is 222 g/mol. The van der Waals surface area contributed by atoms with Crippen molar-refractivity contribution >= 4 is 5.78 Å². The van der Waals surface area contributed by atoms with Crippen LogP contribution in [-0.4, -0.2) is 30.3 Å². The Bertz CT molecular complexity index is 370. The zero-order valence-electron chi connectivity index (χ0n) is 11.3. The number of carbonyl (C=O) groups excluding carboxylic acids is 1. The summed E-state index contributed by atoms with van der Waals surface area (Å²) < 4.78 is 0. The van der Waals surface area contributed by atoms with E-state index in [4.69, 9.17) is 0 Å². The lowest BCUT2D eigenvalue weighted by molar-refractivity contribution is -0.119. The van der Waals surface area contributed by atoms with Gasteiger partial charge in [0.2, 0.25) is 0 Å². The molecule has 98 valence electrons. The predicted molar refractivity (Wildman–Crippen MR) is 74.6 cm³/mol. The van der Waals surface area contributed by atoms with Gasteiger partial charge in [0, 0.05) is 13.0 Å². The van der Waals surface area contributed by atoms with Crippen LogP contribution in [0.3, 0.4) is 0 Å². The summed E-state index contributed by atoms with van der Waals surface area (Å²) in [5.74, 6) is 1.20. The summed E-state index contributed by atoms with van der Waals surface area (Å²) in [4.78, 5) is 14.4. The van der Waals surface area contributed by atoms with Gasteiger partial charge in [-0.05, 0) is 37.3 Å². The van der Waals surface area contributed by atoms with Gasteiger partial charge in [0.25, 0.3) is 0 Å². The van der Waals surface area contributed by atoms with E-state index >= 15 is 0 Å². The second-order valence-corrected chi connectivity index (χ2v) is 5.38. The topological polar surface area (TPSA) is 20.3 Å². The van der Waals surface area contributed by atoms with Crippen molar-refractivity contribution in [3.63, 3.8) is 0 Å². The van der Waals surface area contributed by atoms with Crippen molar-refractivity contribution in [2.24, 2.45) is 5.92 Å². The minimum atomic E-state index is 0.343. The average molecular weight is 245 g/mol. The van der Waals surface area contributed by atoms with Gasteiger partial charge < -0.3 is 0 Å². The first-order chi connectivity index (χ1) is 8.78. The van der Waals surface area contributed by atoms with E-state index in [1.807, 2.05) is 30.3 Å². The van der Waals surface area contributed by atoms with Gasteiger partial charge in [-0.1, -0.05) is 37.3 Å². The van der Waals surface area contributed by atoms with Gasteiger partial charge in [-0.2, -0.15) is 0 Å². The Balaban J connectivity index is 1.80. The molecule has 1 aliphatic carbocycles. The fraction of sp³-hybridized carbons (Fsp3) is 0.562. The second-order valence-electron chi connectivity index (χ2n) is 5.38. The summed E-state index contributed by atoms with van der Waals surface area (Å²) in [6, 6.07) is 10.0. The lowest BCUT2D eigenvalue weighted by Crippen LogP contribution is -2.33. The van der Waals surface area contributed by atoms with Crippen molar-refractivity contribution in [2.75, 3.05) is 19.6 Å². The van der Waals surface area contributed by atoms with Crippen molar-refractivity contribution in [3.8, 4) is 0 Å². The van der Waals surface area contributed by atoms with Gasteiger partial charge in [0.1, 0.15) is 0 Å². The molecule has 2 rings (SSSR count). The van der Waals surface area contributed by atoms with Gasteiger partial charge in [-0.15, -0.1) is 0 Å². The van der Waals surface area contributed by atoms with Gasteiger partial charge in [0.15, 0.2) is 5.78 Å². The van der Waals surface area contributed by atoms with E-state index in [9.17, 15) is 4.79 Å². The van der Waals surface area contributed by atoms with Crippen molar-refractivity contribution in [3.05, 3.63) is 35.9 Å². The van der Waals surface area contributed by atoms with Crippen LogP contribution in [0.4, 0.5) is 0 Å². The largest absolute Gasteiger partial charge is 0.298 e. The summed E-state index contributed by atoms with van der Waals surface area (Å²) in [7, 11) is 0. The molecule has 0 bridgehead atoms. The number of ketones is 1. The van der Waals surface area contributed by atoms with E-state index in [1.54, 1.807) is 0 Å². The molecule has 0 saturated heterocycles. The maximum absolute atomic E-state index is 12.1. The minimum absolute atomic E-state index is 0.343. The van der Waals surface area contributed by atoms with Crippen molar-refractivity contribution in [1.29, 1.82) is 0 Å². The lowest BCUT2D eigenvalue weighted by atomic mass is 10.1. The maximum Gasteiger partial charge on any atom is 0.151 e. The Morgan fingerprint density at radius 3 is 2.61 bits per heavy atom. The zero-order chi connectivity index (χ0) is 12.8. The van der Waals surface area contributed by atoms with E-state index < -0.39 is 0 Å². The molecule has 0 radical (unpaired) electrons. The third kappa shape index (κ3) is 4.61. The van der Waals surface area contributed by atoms with Crippen molar-refractivity contribution < 1.29 is 4.79 Å².